The van der Waals surface area contributed by atoms with Gasteiger partial charge in [0.2, 0.25) is 0 Å². The van der Waals surface area contributed by atoms with Crippen molar-refractivity contribution in [2.75, 3.05) is 6.61 Å². The molecule has 9 heavy (non-hydrogen) atoms. The molecule has 0 saturated carbocycles. The van der Waals surface area contributed by atoms with E-state index in [4.69, 9.17) is 11.2 Å². The van der Waals surface area contributed by atoms with Crippen molar-refractivity contribution in [3.8, 4) is 5.92 Å². The number of hydrogen-bond donors (Lipinski definition) is 0. The number of hydrogen-bond acceptors (Lipinski definition) is 1. The number of ether oxygens (including phenoxy) is 1. The zero-order valence-electron chi connectivity index (χ0n) is 5.68. The van der Waals surface area contributed by atoms with Crippen LogP contribution in [-0.4, -0.2) is 12.7 Å². The molecular formula is C8H11O. The Balaban J connectivity index is 2.30. The Hall–Kier alpha value is -0.480. The second kappa shape index (κ2) is 2.89. The molecule has 0 spiro atoms. The van der Waals surface area contributed by atoms with Crippen molar-refractivity contribution in [3.05, 3.63) is 6.42 Å². The van der Waals surface area contributed by atoms with Crippen LogP contribution >= 0.6 is 0 Å². The molecule has 1 heterocycles. The molecule has 0 aromatic heterocycles. The maximum atomic E-state index is 6.90. The van der Waals surface area contributed by atoms with E-state index in [1.165, 1.54) is 0 Å². The lowest BCUT2D eigenvalue weighted by Gasteiger charge is -2.30. The Morgan fingerprint density at radius 3 is 2.67 bits per heavy atom. The van der Waals surface area contributed by atoms with E-state index in [9.17, 15) is 0 Å². The summed E-state index contributed by atoms with van der Waals surface area (Å²) >= 11 is 0. The minimum Gasteiger partial charge on any atom is -0.377 e. The van der Waals surface area contributed by atoms with E-state index >= 15 is 0 Å². The predicted octanol–water partition coefficient (Wildman–Crippen LogP) is 1.39. The third kappa shape index (κ3) is 1.25. The summed E-state index contributed by atoms with van der Waals surface area (Å²) in [5, 5.41) is 0. The normalized spacial score (nSPS) is 28.2. The fraction of sp³-hybridized carbons (Fsp3) is 0.750. The van der Waals surface area contributed by atoms with E-state index in [0.717, 1.165) is 19.4 Å². The summed E-state index contributed by atoms with van der Waals surface area (Å²) in [6.45, 7) is 2.94. The first-order valence-corrected chi connectivity index (χ1v) is 3.42. The molecule has 0 aliphatic carbocycles. The SMILES string of the molecule is [C]#CC(CC)C1CCO1. The van der Waals surface area contributed by atoms with Gasteiger partial charge in [-0.25, -0.2) is 0 Å². The van der Waals surface area contributed by atoms with E-state index in [-0.39, 0.29) is 5.92 Å². The summed E-state index contributed by atoms with van der Waals surface area (Å²) in [6, 6.07) is 0. The lowest BCUT2D eigenvalue weighted by atomic mass is 9.95. The molecule has 1 radical (unpaired) electrons. The highest BCUT2D eigenvalue weighted by atomic mass is 16.5. The zero-order valence-corrected chi connectivity index (χ0v) is 5.68. The van der Waals surface area contributed by atoms with Crippen LogP contribution in [0.25, 0.3) is 0 Å². The monoisotopic (exact) mass is 123 g/mol. The van der Waals surface area contributed by atoms with Crippen molar-refractivity contribution in [2.45, 2.75) is 25.9 Å². The van der Waals surface area contributed by atoms with Crippen molar-refractivity contribution in [1.82, 2.24) is 0 Å². The van der Waals surface area contributed by atoms with Gasteiger partial charge in [0.05, 0.1) is 6.10 Å². The van der Waals surface area contributed by atoms with Crippen LogP contribution in [0.3, 0.4) is 0 Å². The van der Waals surface area contributed by atoms with Crippen molar-refractivity contribution in [3.63, 3.8) is 0 Å². The second-order valence-corrected chi connectivity index (χ2v) is 2.36. The molecule has 1 aliphatic heterocycles. The van der Waals surface area contributed by atoms with Crippen molar-refractivity contribution >= 4 is 0 Å². The molecular weight excluding hydrogens is 112 g/mol. The molecule has 1 rings (SSSR count). The highest BCUT2D eigenvalue weighted by molar-refractivity contribution is 4.93. The first kappa shape index (κ1) is 6.64. The molecule has 2 unspecified atom stereocenters. The van der Waals surface area contributed by atoms with Gasteiger partial charge in [-0.05, 0) is 19.3 Å². The van der Waals surface area contributed by atoms with Crippen LogP contribution < -0.4 is 0 Å². The third-order valence-corrected chi connectivity index (χ3v) is 1.81. The molecule has 0 aromatic carbocycles. The topological polar surface area (TPSA) is 9.23 Å². The zero-order chi connectivity index (χ0) is 6.69. The van der Waals surface area contributed by atoms with Crippen LogP contribution in [0.1, 0.15) is 19.8 Å². The molecule has 2 atom stereocenters. The van der Waals surface area contributed by atoms with Gasteiger partial charge in [-0.1, -0.05) is 12.8 Å². The summed E-state index contributed by atoms with van der Waals surface area (Å²) in [4.78, 5) is 0. The minimum absolute atomic E-state index is 0.249. The Labute approximate surface area is 56.4 Å². The predicted molar refractivity (Wildman–Crippen MR) is 35.3 cm³/mol. The van der Waals surface area contributed by atoms with Gasteiger partial charge in [0, 0.05) is 12.5 Å². The van der Waals surface area contributed by atoms with Crippen LogP contribution in [0.4, 0.5) is 0 Å². The summed E-state index contributed by atoms with van der Waals surface area (Å²) < 4.78 is 5.19. The van der Waals surface area contributed by atoms with Gasteiger partial charge in [0.1, 0.15) is 0 Å². The van der Waals surface area contributed by atoms with Gasteiger partial charge in [-0.15, -0.1) is 0 Å². The van der Waals surface area contributed by atoms with E-state index in [1.54, 1.807) is 0 Å². The summed E-state index contributed by atoms with van der Waals surface area (Å²) in [5.41, 5.74) is 0. The van der Waals surface area contributed by atoms with Crippen molar-refractivity contribution in [1.29, 1.82) is 0 Å². The smallest absolute Gasteiger partial charge is 0.0734 e. The summed E-state index contributed by atoms with van der Waals surface area (Å²) in [6.07, 6.45) is 9.31. The molecule has 0 N–H and O–H groups in total. The molecule has 1 heteroatoms. The van der Waals surface area contributed by atoms with E-state index in [0.29, 0.717) is 6.10 Å². The van der Waals surface area contributed by atoms with Gasteiger partial charge in [0.15, 0.2) is 0 Å². The van der Waals surface area contributed by atoms with Crippen molar-refractivity contribution < 1.29 is 4.74 Å². The summed E-state index contributed by atoms with van der Waals surface area (Å²) in [5.74, 6) is 2.73. The first-order chi connectivity index (χ1) is 4.38. The minimum atomic E-state index is 0.249. The summed E-state index contributed by atoms with van der Waals surface area (Å²) in [7, 11) is 0. The van der Waals surface area contributed by atoms with Gasteiger partial charge in [-0.3, -0.25) is 0 Å². The lowest BCUT2D eigenvalue weighted by Crippen LogP contribution is -2.33. The third-order valence-electron chi connectivity index (χ3n) is 1.81. The largest absolute Gasteiger partial charge is 0.377 e. The van der Waals surface area contributed by atoms with Gasteiger partial charge in [0.25, 0.3) is 0 Å². The van der Waals surface area contributed by atoms with Gasteiger partial charge < -0.3 is 4.74 Å². The fourth-order valence-electron chi connectivity index (χ4n) is 1.03. The molecule has 0 aromatic rings. The van der Waals surface area contributed by atoms with Crippen LogP contribution in [-0.2, 0) is 4.74 Å². The lowest BCUT2D eigenvalue weighted by molar-refractivity contribution is -0.0723. The molecule has 1 aliphatic rings. The number of rotatable bonds is 2. The van der Waals surface area contributed by atoms with Gasteiger partial charge in [-0.2, -0.15) is 0 Å². The van der Waals surface area contributed by atoms with E-state index in [2.05, 4.69) is 12.8 Å². The Morgan fingerprint density at radius 2 is 2.56 bits per heavy atom. The van der Waals surface area contributed by atoms with E-state index in [1.807, 2.05) is 0 Å². The quantitative estimate of drug-likeness (QED) is 0.504. The maximum Gasteiger partial charge on any atom is 0.0734 e. The molecule has 1 saturated heterocycles. The highest BCUT2D eigenvalue weighted by Gasteiger charge is 2.25. The van der Waals surface area contributed by atoms with Crippen LogP contribution in [0, 0.1) is 18.3 Å². The van der Waals surface area contributed by atoms with Crippen molar-refractivity contribution in [2.24, 2.45) is 5.92 Å². The fourth-order valence-corrected chi connectivity index (χ4v) is 1.03. The standard InChI is InChI=1S/C8H11O/c1-3-7(4-2)8-5-6-9-8/h7-8H,3,5-6H2,1H3. The Bertz CT molecular complexity index is 119. The second-order valence-electron chi connectivity index (χ2n) is 2.36. The average Bonchev–Trinajstić information content (AvgIpc) is 1.78. The van der Waals surface area contributed by atoms with Gasteiger partial charge >= 0.3 is 0 Å². The molecule has 49 valence electrons. The highest BCUT2D eigenvalue weighted by Crippen LogP contribution is 2.21. The van der Waals surface area contributed by atoms with Crippen LogP contribution in [0.2, 0.25) is 0 Å². The first-order valence-electron chi connectivity index (χ1n) is 3.42. The molecule has 0 bridgehead atoms. The molecule has 0 amide bonds. The average molecular weight is 123 g/mol. The Kier molecular flexibility index (Phi) is 2.13. The van der Waals surface area contributed by atoms with Crippen LogP contribution in [0.5, 0.6) is 0 Å². The molecule has 1 nitrogen and oxygen atoms in total. The molecule has 1 fully saturated rings. The van der Waals surface area contributed by atoms with E-state index < -0.39 is 0 Å². The van der Waals surface area contributed by atoms with Crippen LogP contribution in [0.15, 0.2) is 0 Å². The Morgan fingerprint density at radius 1 is 1.89 bits per heavy atom. The maximum absolute atomic E-state index is 6.90.